The number of carbonyl (C=O) groups excluding carboxylic acids is 2. The molecule has 61 heavy (non-hydrogen) atoms. The lowest BCUT2D eigenvalue weighted by atomic mass is 9.32. The van der Waals surface area contributed by atoms with E-state index in [1.165, 1.54) is 38.5 Å². The monoisotopic (exact) mass is 819 g/mol. The number of aliphatic hydroxyl groups excluding tert-OH is 1. The van der Waals surface area contributed by atoms with Crippen LogP contribution in [0, 0.1) is 56.7 Å². The Bertz CT molecular complexity index is 2250. The fraction of sp³-hybridized carbons (Fsp3) is 0.564. The summed E-state index contributed by atoms with van der Waals surface area (Å²) in [6.45, 7) is 7.84. The van der Waals surface area contributed by atoms with Crippen molar-refractivity contribution in [2.45, 2.75) is 122 Å². The van der Waals surface area contributed by atoms with Gasteiger partial charge in [0.2, 0.25) is 0 Å². The zero-order valence-electron chi connectivity index (χ0n) is 36.6. The van der Waals surface area contributed by atoms with Crippen molar-refractivity contribution in [1.29, 1.82) is 0 Å². The van der Waals surface area contributed by atoms with Crippen molar-refractivity contribution in [2.24, 2.45) is 56.7 Å². The van der Waals surface area contributed by atoms with Crippen molar-refractivity contribution in [3.05, 3.63) is 120 Å². The van der Waals surface area contributed by atoms with Gasteiger partial charge in [-0.25, -0.2) is 4.79 Å². The summed E-state index contributed by atoms with van der Waals surface area (Å²) in [5, 5.41) is 28.3. The highest BCUT2D eigenvalue weighted by Crippen LogP contribution is 2.78. The van der Waals surface area contributed by atoms with Crippen molar-refractivity contribution in [3.8, 4) is 11.1 Å². The van der Waals surface area contributed by atoms with Crippen LogP contribution in [0.15, 0.2) is 109 Å². The third kappa shape index (κ3) is 5.86. The molecule has 3 aromatic rings. The number of fused-ring (bicyclic) bond motifs is 1. The molecule has 0 aliphatic heterocycles. The quantitative estimate of drug-likeness (QED) is 0.148. The smallest absolute Gasteiger partial charge is 0.317 e. The molecule has 6 nitrogen and oxygen atoms in total. The molecule has 0 heterocycles. The summed E-state index contributed by atoms with van der Waals surface area (Å²) in [6.07, 6.45) is 19.8. The Morgan fingerprint density at radius 2 is 1.34 bits per heavy atom. The second-order valence-corrected chi connectivity index (χ2v) is 22.4. The Kier molecular flexibility index (Phi) is 9.14. The molecule has 0 saturated heterocycles. The Morgan fingerprint density at radius 1 is 0.738 bits per heavy atom. The minimum atomic E-state index is -1.13. The average molecular weight is 819 g/mol. The highest BCUT2D eigenvalue weighted by molar-refractivity contribution is 6.14. The summed E-state index contributed by atoms with van der Waals surface area (Å²) in [4.78, 5) is 32.7. The molecular weight excluding hydrogens is 753 g/mol. The maximum atomic E-state index is 15.7. The van der Waals surface area contributed by atoms with Crippen LogP contribution in [0.1, 0.15) is 126 Å². The van der Waals surface area contributed by atoms with Crippen LogP contribution in [-0.4, -0.2) is 51.7 Å². The number of amides is 2. The van der Waals surface area contributed by atoms with Crippen molar-refractivity contribution < 1.29 is 19.8 Å². The standard InChI is InChI=1S/C55H66N2O4/c1-36(40-12-6-4-7-13-40)56-49(60)57(34-52-29-37-26-38(30-52)28-39(27-37)31-52)35-54(61)23-20-47-51(54,3)22-19-46-50(2)21-18-42(58)32-53(50)24-25-55(46,47)45(33-53)48(59)44-17-11-10-16-43(44)41-14-8-5-9-15-41/h4-17,24-25,33,36-39,42,46-47,58,61H,18-23,26-32,34-35H2,1-3H3,(H,56,60)/t36-,37?,38?,39?,42?,46-,47-,50-,51+,52?,53+,54-,55-/m1/s1. The maximum absolute atomic E-state index is 15.7. The Morgan fingerprint density at radius 3 is 2.05 bits per heavy atom. The Balaban J connectivity index is 0.980. The zero-order chi connectivity index (χ0) is 42.0. The van der Waals surface area contributed by atoms with Crippen LogP contribution in [-0.2, 0) is 0 Å². The van der Waals surface area contributed by atoms with E-state index in [4.69, 9.17) is 0 Å². The van der Waals surface area contributed by atoms with Gasteiger partial charge in [-0.15, -0.1) is 0 Å². The lowest BCUT2D eigenvalue weighted by molar-refractivity contribution is -0.176. The lowest BCUT2D eigenvalue weighted by Crippen LogP contribution is -2.67. The van der Waals surface area contributed by atoms with E-state index in [-0.39, 0.29) is 40.5 Å². The highest BCUT2D eigenvalue weighted by atomic mass is 16.3. The first-order valence-corrected chi connectivity index (χ1v) is 23.9. The molecule has 9 atom stereocenters. The van der Waals surface area contributed by atoms with E-state index >= 15 is 4.79 Å². The van der Waals surface area contributed by atoms with Gasteiger partial charge >= 0.3 is 6.03 Å². The molecule has 0 aromatic heterocycles. The third-order valence-corrected chi connectivity index (χ3v) is 19.3. The molecule has 1 unspecified atom stereocenters. The Labute approximate surface area is 363 Å². The number of hydrogen-bond acceptors (Lipinski definition) is 4. The maximum Gasteiger partial charge on any atom is 0.317 e. The predicted octanol–water partition coefficient (Wildman–Crippen LogP) is 11.1. The lowest BCUT2D eigenvalue weighted by Gasteiger charge is -2.71. The molecule has 2 spiro atoms. The van der Waals surface area contributed by atoms with Gasteiger partial charge in [0.05, 0.1) is 24.3 Å². The van der Waals surface area contributed by atoms with E-state index in [9.17, 15) is 15.0 Å². The zero-order valence-corrected chi connectivity index (χ0v) is 36.6. The summed E-state index contributed by atoms with van der Waals surface area (Å²) in [5.74, 6) is 2.57. The molecule has 2 amide bonds. The van der Waals surface area contributed by atoms with Gasteiger partial charge in [0.1, 0.15) is 0 Å². The first kappa shape index (κ1) is 39.8. The second-order valence-electron chi connectivity index (χ2n) is 22.4. The molecule has 13 rings (SSSR count). The van der Waals surface area contributed by atoms with Crippen LogP contribution in [0.5, 0.6) is 0 Å². The first-order chi connectivity index (χ1) is 29.3. The number of benzene rings is 3. The van der Waals surface area contributed by atoms with Gasteiger partial charge in [-0.05, 0) is 148 Å². The average Bonchev–Trinajstić information content (AvgIpc) is 3.52. The van der Waals surface area contributed by atoms with Gasteiger partial charge in [-0.2, -0.15) is 0 Å². The van der Waals surface area contributed by atoms with Gasteiger partial charge in [0.15, 0.2) is 5.78 Å². The van der Waals surface area contributed by atoms with E-state index in [1.807, 2.05) is 54.6 Å². The molecule has 3 N–H and O–H groups in total. The van der Waals surface area contributed by atoms with Crippen LogP contribution in [0.2, 0.25) is 0 Å². The Hall–Kier alpha value is -4.00. The van der Waals surface area contributed by atoms with Crippen LogP contribution >= 0.6 is 0 Å². The van der Waals surface area contributed by atoms with E-state index < -0.39 is 27.9 Å². The molecule has 320 valence electrons. The molecular formula is C55H66N2O4. The van der Waals surface area contributed by atoms with Gasteiger partial charge in [0.25, 0.3) is 0 Å². The fourth-order valence-electron chi connectivity index (χ4n) is 16.8. The highest BCUT2D eigenvalue weighted by Gasteiger charge is 2.75. The summed E-state index contributed by atoms with van der Waals surface area (Å²) < 4.78 is 0. The van der Waals surface area contributed by atoms with Crippen molar-refractivity contribution in [1.82, 2.24) is 10.2 Å². The number of allylic oxidation sites excluding steroid dienone is 4. The number of carbonyl (C=O) groups is 2. The predicted molar refractivity (Wildman–Crippen MR) is 240 cm³/mol. The number of urea groups is 1. The van der Waals surface area contributed by atoms with Crippen LogP contribution in [0.4, 0.5) is 4.79 Å². The van der Waals surface area contributed by atoms with Crippen molar-refractivity contribution >= 4 is 11.8 Å². The molecule has 3 aromatic carbocycles. The van der Waals surface area contributed by atoms with Gasteiger partial charge in [-0.3, -0.25) is 4.79 Å². The summed E-state index contributed by atoms with van der Waals surface area (Å²) in [7, 11) is 0. The summed E-state index contributed by atoms with van der Waals surface area (Å²) in [6, 6.07) is 28.3. The number of Topliss-reactive ketones (excluding diaryl/α,β-unsaturated/α-hetero) is 1. The van der Waals surface area contributed by atoms with Gasteiger partial charge < -0.3 is 20.4 Å². The summed E-state index contributed by atoms with van der Waals surface area (Å²) in [5.41, 5.74) is 1.96. The van der Waals surface area contributed by atoms with E-state index in [1.54, 1.807) is 0 Å². The van der Waals surface area contributed by atoms with Crippen molar-refractivity contribution in [2.75, 3.05) is 13.1 Å². The van der Waals surface area contributed by atoms with Gasteiger partial charge in [0, 0.05) is 33.9 Å². The number of nitrogens with zero attached hydrogens (tertiary/aromatic N) is 1. The number of ketones is 1. The molecule has 10 aliphatic carbocycles. The molecule has 0 radical (unpaired) electrons. The van der Waals surface area contributed by atoms with E-state index in [0.29, 0.717) is 25.9 Å². The minimum Gasteiger partial charge on any atom is -0.393 e. The fourth-order valence-corrected chi connectivity index (χ4v) is 16.8. The number of nitrogens with one attached hydrogen (secondary N) is 1. The number of rotatable bonds is 9. The summed E-state index contributed by atoms with van der Waals surface area (Å²) >= 11 is 0. The topological polar surface area (TPSA) is 89.9 Å². The van der Waals surface area contributed by atoms with Crippen LogP contribution in [0.25, 0.3) is 11.1 Å². The van der Waals surface area contributed by atoms with Gasteiger partial charge in [-0.1, -0.05) is 117 Å². The van der Waals surface area contributed by atoms with Crippen molar-refractivity contribution in [3.63, 3.8) is 0 Å². The molecule has 6 heteroatoms. The number of hydrogen-bond donors (Lipinski definition) is 3. The van der Waals surface area contributed by atoms with Crippen LogP contribution < -0.4 is 5.32 Å². The molecule has 6 bridgehead atoms. The largest absolute Gasteiger partial charge is 0.393 e. The molecule has 7 fully saturated rings. The third-order valence-electron chi connectivity index (χ3n) is 19.3. The molecule has 7 saturated carbocycles. The van der Waals surface area contributed by atoms with E-state index in [0.717, 1.165) is 77.7 Å². The minimum absolute atomic E-state index is 0.00812. The van der Waals surface area contributed by atoms with Crippen LogP contribution in [0.3, 0.4) is 0 Å². The normalized spacial score (nSPS) is 41.6. The molecule has 10 aliphatic rings. The number of aliphatic hydroxyl groups is 2. The SMILES string of the molecule is C[C@@H](NC(=O)N(CC12CC3CC(CC(C3)C1)C2)C[C@]1(O)CC[C@H]2[C@]34C=C[C@@]5(C=C3C(=O)c3ccccc3-c3ccccc3)CC(O)CC[C@]5(C)[C@H]4CC[C@@]21C)c1ccccc1. The van der Waals surface area contributed by atoms with E-state index in [2.05, 4.69) is 79.5 Å². The second kappa shape index (κ2) is 14.0. The first-order valence-electron chi connectivity index (χ1n) is 23.9.